The Labute approximate surface area is 95.8 Å². The third kappa shape index (κ3) is 1.93. The van der Waals surface area contributed by atoms with E-state index in [4.69, 9.17) is 0 Å². The average molecular weight is 219 g/mol. The monoisotopic (exact) mass is 219 g/mol. The highest BCUT2D eigenvalue weighted by molar-refractivity contribution is 5.55. The highest BCUT2D eigenvalue weighted by Crippen LogP contribution is 2.26. The minimum absolute atomic E-state index is 0. The fraction of sp³-hybridized carbons (Fsp3) is 0.455. The van der Waals surface area contributed by atoms with E-state index in [2.05, 4.69) is 45.5 Å². The Morgan fingerprint density at radius 1 is 1.44 bits per heavy atom. The Balaban J connectivity index is 0.00000144. The van der Waals surface area contributed by atoms with Crippen molar-refractivity contribution in [2.75, 3.05) is 0 Å². The van der Waals surface area contributed by atoms with Gasteiger partial charge in [-0.05, 0) is 36.1 Å². The second kappa shape index (κ2) is 4.38. The van der Waals surface area contributed by atoms with E-state index in [1.807, 2.05) is 13.0 Å². The summed E-state index contributed by atoms with van der Waals surface area (Å²) in [5, 5.41) is 14.0. The van der Waals surface area contributed by atoms with Gasteiger partial charge < -0.3 is 0 Å². The van der Waals surface area contributed by atoms with Gasteiger partial charge in [0.25, 0.3) is 0 Å². The second-order valence-electron chi connectivity index (χ2n) is 3.94. The molecule has 0 aromatic carbocycles. The Kier molecular flexibility index (Phi) is 2.94. The van der Waals surface area contributed by atoms with Gasteiger partial charge in [0.05, 0.1) is 0 Å². The van der Waals surface area contributed by atoms with E-state index in [0.29, 0.717) is 11.7 Å². The van der Waals surface area contributed by atoms with Crippen LogP contribution in [0.5, 0.6) is 0 Å². The number of pyridine rings is 1. The third-order valence-corrected chi connectivity index (χ3v) is 2.77. The van der Waals surface area contributed by atoms with Crippen LogP contribution in [0.25, 0.3) is 11.5 Å². The molecule has 5 heteroatoms. The lowest BCUT2D eigenvalue weighted by Crippen LogP contribution is -2.00. The summed E-state index contributed by atoms with van der Waals surface area (Å²) in [6.45, 7) is 6.30. The van der Waals surface area contributed by atoms with E-state index in [-0.39, 0.29) is 1.43 Å². The quantitative estimate of drug-likeness (QED) is 0.860. The number of nitrogens with one attached hydrogen (secondary N) is 1. The van der Waals surface area contributed by atoms with Gasteiger partial charge in [0, 0.05) is 7.12 Å². The van der Waals surface area contributed by atoms with Crippen LogP contribution in [0.2, 0.25) is 0 Å². The largest absolute Gasteiger partial charge is 0.249 e. The van der Waals surface area contributed by atoms with Gasteiger partial charge in [-0.15, -0.1) is 10.2 Å². The SMILES string of the molecule is CCC(C)c1ccc(C)nc1-c1nn[nH]n1.[HH]. The number of H-pyrrole nitrogens is 1. The Bertz CT molecular complexity index is 469. The lowest BCUT2D eigenvalue weighted by atomic mass is 9.96. The molecule has 2 aromatic heterocycles. The smallest absolute Gasteiger partial charge is 0.223 e. The predicted octanol–water partition coefficient (Wildman–Crippen LogP) is 2.33. The molecule has 0 saturated carbocycles. The predicted molar refractivity (Wildman–Crippen MR) is 63.0 cm³/mol. The molecule has 1 atom stereocenters. The van der Waals surface area contributed by atoms with Crippen LogP contribution in [0.1, 0.15) is 38.9 Å². The topological polar surface area (TPSA) is 67.3 Å². The van der Waals surface area contributed by atoms with Gasteiger partial charge in [-0.3, -0.25) is 0 Å². The van der Waals surface area contributed by atoms with Gasteiger partial charge in [0.1, 0.15) is 5.69 Å². The molecular weight excluding hydrogens is 202 g/mol. The van der Waals surface area contributed by atoms with Crippen LogP contribution in [0.15, 0.2) is 12.1 Å². The minimum Gasteiger partial charge on any atom is -0.249 e. The molecule has 0 radical (unpaired) electrons. The fourth-order valence-electron chi connectivity index (χ4n) is 1.63. The number of nitrogens with zero attached hydrogens (tertiary/aromatic N) is 4. The number of hydrogen-bond acceptors (Lipinski definition) is 4. The van der Waals surface area contributed by atoms with Crippen molar-refractivity contribution < 1.29 is 1.43 Å². The van der Waals surface area contributed by atoms with Crippen molar-refractivity contribution in [2.24, 2.45) is 0 Å². The summed E-state index contributed by atoms with van der Waals surface area (Å²) in [5.41, 5.74) is 2.98. The molecule has 0 bridgehead atoms. The zero-order valence-electron chi connectivity index (χ0n) is 9.73. The van der Waals surface area contributed by atoms with Gasteiger partial charge >= 0.3 is 0 Å². The number of hydrogen-bond donors (Lipinski definition) is 1. The zero-order valence-corrected chi connectivity index (χ0v) is 9.73. The molecule has 1 N–H and O–H groups in total. The van der Waals surface area contributed by atoms with Crippen LogP contribution < -0.4 is 0 Å². The fourth-order valence-corrected chi connectivity index (χ4v) is 1.63. The lowest BCUT2D eigenvalue weighted by molar-refractivity contribution is 0.729. The molecule has 0 amide bonds. The molecule has 1 unspecified atom stereocenters. The molecule has 0 aliphatic rings. The molecule has 16 heavy (non-hydrogen) atoms. The average Bonchev–Trinajstić information content (AvgIpc) is 2.81. The van der Waals surface area contributed by atoms with E-state index >= 15 is 0 Å². The van der Waals surface area contributed by atoms with Gasteiger partial charge in [-0.25, -0.2) is 4.98 Å². The minimum atomic E-state index is 0. The van der Waals surface area contributed by atoms with Crippen molar-refractivity contribution >= 4 is 0 Å². The summed E-state index contributed by atoms with van der Waals surface area (Å²) >= 11 is 0. The summed E-state index contributed by atoms with van der Waals surface area (Å²) < 4.78 is 0. The number of tetrazole rings is 1. The van der Waals surface area contributed by atoms with E-state index in [9.17, 15) is 0 Å². The maximum Gasteiger partial charge on any atom is 0.223 e. The van der Waals surface area contributed by atoms with E-state index in [1.54, 1.807) is 0 Å². The van der Waals surface area contributed by atoms with Gasteiger partial charge in [-0.1, -0.05) is 19.9 Å². The molecule has 0 aliphatic heterocycles. The first-order valence-electron chi connectivity index (χ1n) is 5.43. The van der Waals surface area contributed by atoms with Crippen molar-refractivity contribution in [1.82, 2.24) is 25.6 Å². The zero-order chi connectivity index (χ0) is 11.5. The molecule has 2 aromatic rings. The number of rotatable bonds is 3. The lowest BCUT2D eigenvalue weighted by Gasteiger charge is -2.12. The first-order chi connectivity index (χ1) is 7.72. The number of aromatic amines is 1. The molecule has 0 fully saturated rings. The summed E-state index contributed by atoms with van der Waals surface area (Å²) in [5.74, 6) is 1.01. The number of aryl methyl sites for hydroxylation is 1. The van der Waals surface area contributed by atoms with Crippen LogP contribution >= 0.6 is 0 Å². The van der Waals surface area contributed by atoms with Crippen LogP contribution in [0.3, 0.4) is 0 Å². The van der Waals surface area contributed by atoms with E-state index in [1.165, 1.54) is 5.56 Å². The molecular formula is C11H17N5. The Hall–Kier alpha value is -1.78. The summed E-state index contributed by atoms with van der Waals surface area (Å²) in [6, 6.07) is 4.12. The highest BCUT2D eigenvalue weighted by Gasteiger charge is 2.15. The van der Waals surface area contributed by atoms with E-state index in [0.717, 1.165) is 17.8 Å². The van der Waals surface area contributed by atoms with Crippen LogP contribution in [0.4, 0.5) is 0 Å². The molecule has 2 heterocycles. The molecule has 0 aliphatic carbocycles. The van der Waals surface area contributed by atoms with E-state index < -0.39 is 0 Å². The van der Waals surface area contributed by atoms with Crippen molar-refractivity contribution in [1.29, 1.82) is 0 Å². The molecule has 0 spiro atoms. The van der Waals surface area contributed by atoms with Gasteiger partial charge in [0.2, 0.25) is 5.82 Å². The van der Waals surface area contributed by atoms with Gasteiger partial charge in [-0.2, -0.15) is 5.21 Å². The second-order valence-corrected chi connectivity index (χ2v) is 3.94. The van der Waals surface area contributed by atoms with Crippen molar-refractivity contribution in [3.05, 3.63) is 23.4 Å². The maximum absolute atomic E-state index is 4.50. The van der Waals surface area contributed by atoms with Crippen molar-refractivity contribution in [2.45, 2.75) is 33.1 Å². The molecule has 0 saturated heterocycles. The van der Waals surface area contributed by atoms with Crippen molar-refractivity contribution in [3.63, 3.8) is 0 Å². The first kappa shape index (κ1) is 10.7. The highest BCUT2D eigenvalue weighted by atomic mass is 15.5. The summed E-state index contributed by atoms with van der Waals surface area (Å²) in [7, 11) is 0. The maximum atomic E-state index is 4.50. The summed E-state index contributed by atoms with van der Waals surface area (Å²) in [4.78, 5) is 4.50. The molecule has 86 valence electrons. The standard InChI is InChI=1S/C11H15N5.H2/c1-4-7(2)9-6-5-8(3)12-10(9)11-13-15-16-14-11;/h5-7H,4H2,1-3H3,(H,13,14,15,16);1H. The molecule has 5 nitrogen and oxygen atoms in total. The Morgan fingerprint density at radius 3 is 2.88 bits per heavy atom. The van der Waals surface area contributed by atoms with Crippen LogP contribution in [0, 0.1) is 6.92 Å². The van der Waals surface area contributed by atoms with Crippen LogP contribution in [-0.2, 0) is 0 Å². The first-order valence-corrected chi connectivity index (χ1v) is 5.43. The Morgan fingerprint density at radius 2 is 2.25 bits per heavy atom. The molecule has 2 rings (SSSR count). The van der Waals surface area contributed by atoms with Crippen LogP contribution in [-0.4, -0.2) is 25.6 Å². The normalized spacial score (nSPS) is 12.7. The number of aromatic nitrogens is 5. The third-order valence-electron chi connectivity index (χ3n) is 2.77. The summed E-state index contributed by atoms with van der Waals surface area (Å²) in [6.07, 6.45) is 1.07. The van der Waals surface area contributed by atoms with Crippen molar-refractivity contribution in [3.8, 4) is 11.5 Å². The van der Waals surface area contributed by atoms with Gasteiger partial charge in [0.15, 0.2) is 0 Å².